The van der Waals surface area contributed by atoms with Crippen LogP contribution in [0.15, 0.2) is 0 Å². The van der Waals surface area contributed by atoms with Crippen LogP contribution in [0.5, 0.6) is 0 Å². The van der Waals surface area contributed by atoms with Gasteiger partial charge >= 0.3 is 0 Å². The van der Waals surface area contributed by atoms with Gasteiger partial charge in [0.2, 0.25) is 0 Å². The summed E-state index contributed by atoms with van der Waals surface area (Å²) >= 11 is 0. The normalized spacial score (nSPS) is 16.1. The minimum atomic E-state index is -4.41. The van der Waals surface area contributed by atoms with Crippen molar-refractivity contribution in [1.82, 2.24) is 0 Å². The Morgan fingerprint density at radius 1 is 0.613 bits per heavy atom. The third kappa shape index (κ3) is 13.1. The zero-order chi connectivity index (χ0) is 24.8. The Labute approximate surface area is 185 Å². The summed E-state index contributed by atoms with van der Waals surface area (Å²) in [7, 11) is -18.9. The van der Waals surface area contributed by atoms with Gasteiger partial charge in [-0.15, -0.1) is 0 Å². The lowest BCUT2D eigenvalue weighted by Crippen LogP contribution is -2.54. The van der Waals surface area contributed by atoms with Crippen LogP contribution >= 0.6 is 0 Å². The van der Waals surface area contributed by atoms with E-state index < -0.39 is 102 Å². The number of ether oxygens (including phenoxy) is 2. The van der Waals surface area contributed by atoms with E-state index in [2.05, 4.69) is 4.74 Å². The molecule has 0 aromatic carbocycles. The first-order chi connectivity index (χ1) is 13.6. The fraction of sp³-hybridized carbons (Fsp3) is 1.00. The van der Waals surface area contributed by atoms with Crippen molar-refractivity contribution in [2.75, 3.05) is 80.2 Å². The molecule has 0 aliphatic heterocycles. The third-order valence-corrected chi connectivity index (χ3v) is 12.1. The molecule has 12 nitrogen and oxygen atoms in total. The maximum atomic E-state index is 12.6. The molecule has 0 bridgehead atoms. The number of rotatable bonds is 16. The summed E-state index contributed by atoms with van der Waals surface area (Å²) in [6.07, 6.45) is 2.35. The monoisotopic (exact) mass is 550 g/mol. The minimum absolute atomic E-state index is 0.266. The van der Waals surface area contributed by atoms with Gasteiger partial charge in [-0.1, -0.05) is 0 Å². The lowest BCUT2D eigenvalue weighted by molar-refractivity contribution is 0.132. The molecule has 0 aliphatic carbocycles. The fourth-order valence-corrected chi connectivity index (χ4v) is 10.9. The highest BCUT2D eigenvalue weighted by Crippen LogP contribution is 2.24. The molecule has 0 heterocycles. The van der Waals surface area contributed by atoms with Crippen molar-refractivity contribution in [3.8, 4) is 0 Å². The second-order valence-electron chi connectivity index (χ2n) is 7.44. The molecular weight excluding hydrogens is 520 g/mol. The van der Waals surface area contributed by atoms with Gasteiger partial charge in [0.05, 0.1) is 54.3 Å². The molecular formula is C14H30O12S5. The van der Waals surface area contributed by atoms with Gasteiger partial charge in [0.25, 0.3) is 0 Å². The van der Waals surface area contributed by atoms with Gasteiger partial charge in [-0.2, -0.15) is 0 Å². The van der Waals surface area contributed by atoms with Gasteiger partial charge in [-0.25, -0.2) is 42.1 Å². The first kappa shape index (κ1) is 30.7. The Bertz CT molecular complexity index is 1120. The van der Waals surface area contributed by atoms with E-state index >= 15 is 0 Å². The van der Waals surface area contributed by atoms with E-state index in [1.54, 1.807) is 0 Å². The predicted molar refractivity (Wildman–Crippen MR) is 117 cm³/mol. The van der Waals surface area contributed by atoms with Crippen LogP contribution in [0, 0.1) is 0 Å². The largest absolute Gasteiger partial charge is 0.384 e. The first-order valence-corrected chi connectivity index (χ1v) is 18.3. The average molecular weight is 551 g/mol. The van der Waals surface area contributed by atoms with Crippen LogP contribution in [0.25, 0.3) is 0 Å². The summed E-state index contributed by atoms with van der Waals surface area (Å²) in [4.78, 5) is 0. The molecule has 0 aromatic rings. The minimum Gasteiger partial charge on any atom is -0.384 e. The molecule has 31 heavy (non-hydrogen) atoms. The Morgan fingerprint density at radius 2 is 1.06 bits per heavy atom. The molecule has 1 unspecified atom stereocenters. The molecule has 0 radical (unpaired) electrons. The summed E-state index contributed by atoms with van der Waals surface area (Å²) in [5.41, 5.74) is 0. The van der Waals surface area contributed by atoms with Gasteiger partial charge in [-0.3, -0.25) is 0 Å². The zero-order valence-corrected chi connectivity index (χ0v) is 21.9. The summed E-state index contributed by atoms with van der Waals surface area (Å²) in [6, 6.07) is 0. The van der Waals surface area contributed by atoms with Gasteiger partial charge in [-0.05, 0) is 0 Å². The summed E-state index contributed by atoms with van der Waals surface area (Å²) in [5, 5.41) is 0. The number of hydrogen-bond acceptors (Lipinski definition) is 12. The molecule has 188 valence electrons. The summed E-state index contributed by atoms with van der Waals surface area (Å²) in [5.74, 6) is -5.11. The smallest absolute Gasteiger partial charge is 0.157 e. The lowest BCUT2D eigenvalue weighted by Gasteiger charge is -2.31. The van der Waals surface area contributed by atoms with E-state index in [1.807, 2.05) is 0 Å². The standard InChI is InChI=1S/C14H30O12S5/c1-25-5-8-30(21,22)12-14(29(4,19)20,11-26-6-7-27(2,15)16)13-31(23,24)10-9-28(3,17)18/h5-13H2,1-4H3. The van der Waals surface area contributed by atoms with Crippen molar-refractivity contribution >= 4 is 49.2 Å². The quantitative estimate of drug-likeness (QED) is 0.182. The second kappa shape index (κ2) is 11.2. The van der Waals surface area contributed by atoms with E-state index in [0.29, 0.717) is 6.26 Å². The zero-order valence-electron chi connectivity index (χ0n) is 17.8. The number of methoxy groups -OCH3 is 1. The Hall–Kier alpha value is -0.330. The van der Waals surface area contributed by atoms with Crippen molar-refractivity contribution in [2.45, 2.75) is 4.75 Å². The van der Waals surface area contributed by atoms with Crippen molar-refractivity contribution < 1.29 is 51.6 Å². The average Bonchev–Trinajstić information content (AvgIpc) is 2.52. The van der Waals surface area contributed by atoms with Crippen LogP contribution in [-0.2, 0) is 58.7 Å². The van der Waals surface area contributed by atoms with Gasteiger partial charge < -0.3 is 9.47 Å². The van der Waals surface area contributed by atoms with E-state index in [4.69, 9.17) is 4.74 Å². The van der Waals surface area contributed by atoms with Crippen molar-refractivity contribution in [3.63, 3.8) is 0 Å². The molecule has 1 atom stereocenters. The van der Waals surface area contributed by atoms with Gasteiger partial charge in [0.1, 0.15) is 24.4 Å². The molecule has 0 aliphatic rings. The molecule has 0 N–H and O–H groups in total. The van der Waals surface area contributed by atoms with Crippen LogP contribution < -0.4 is 0 Å². The van der Waals surface area contributed by atoms with E-state index in [9.17, 15) is 42.1 Å². The maximum absolute atomic E-state index is 12.6. The molecule has 0 saturated heterocycles. The summed E-state index contributed by atoms with van der Waals surface area (Å²) < 4.78 is 128. The van der Waals surface area contributed by atoms with Crippen LogP contribution in [-0.4, -0.2) is 127 Å². The molecule has 0 fully saturated rings. The Balaban J connectivity index is 6.12. The van der Waals surface area contributed by atoms with E-state index in [0.717, 1.165) is 12.5 Å². The highest BCUT2D eigenvalue weighted by atomic mass is 32.2. The number of sulfone groups is 5. The molecule has 17 heteroatoms. The van der Waals surface area contributed by atoms with Crippen molar-refractivity contribution in [3.05, 3.63) is 0 Å². The van der Waals surface area contributed by atoms with E-state index in [-0.39, 0.29) is 6.61 Å². The third-order valence-electron chi connectivity index (χ3n) is 4.08. The molecule has 0 amide bonds. The molecule has 0 aromatic heterocycles. The predicted octanol–water partition coefficient (Wildman–Crippen LogP) is -2.65. The second-order valence-corrected chi connectivity index (χ2v) is 18.7. The van der Waals surface area contributed by atoms with Crippen LogP contribution in [0.3, 0.4) is 0 Å². The van der Waals surface area contributed by atoms with E-state index in [1.165, 1.54) is 7.11 Å². The van der Waals surface area contributed by atoms with Crippen LogP contribution in [0.4, 0.5) is 0 Å². The van der Waals surface area contributed by atoms with Crippen molar-refractivity contribution in [1.29, 1.82) is 0 Å². The molecule has 0 spiro atoms. The van der Waals surface area contributed by atoms with Gasteiger partial charge in [0.15, 0.2) is 29.5 Å². The summed E-state index contributed by atoms with van der Waals surface area (Å²) in [6.45, 7) is -1.67. The van der Waals surface area contributed by atoms with Crippen LogP contribution in [0.1, 0.15) is 0 Å². The van der Waals surface area contributed by atoms with Crippen LogP contribution in [0.2, 0.25) is 0 Å². The SMILES string of the molecule is COCCS(=O)(=O)CC(COCCS(C)(=O)=O)(CS(=O)(=O)CCS(C)(=O)=O)S(C)(=O)=O. The van der Waals surface area contributed by atoms with Crippen molar-refractivity contribution in [2.24, 2.45) is 0 Å². The maximum Gasteiger partial charge on any atom is 0.157 e. The fourth-order valence-electron chi connectivity index (χ4n) is 2.35. The lowest BCUT2D eigenvalue weighted by atomic mass is 10.2. The Kier molecular flexibility index (Phi) is 11.1. The Morgan fingerprint density at radius 3 is 1.45 bits per heavy atom. The highest BCUT2D eigenvalue weighted by Gasteiger charge is 2.48. The highest BCUT2D eigenvalue weighted by molar-refractivity contribution is 7.98. The van der Waals surface area contributed by atoms with Gasteiger partial charge in [0, 0.05) is 25.9 Å². The molecule has 0 rings (SSSR count). The topological polar surface area (TPSA) is 189 Å². The first-order valence-electron chi connectivity index (χ1n) is 8.66. The number of hydrogen-bond donors (Lipinski definition) is 0. The molecule has 0 saturated carbocycles.